The Morgan fingerprint density at radius 3 is 2.44 bits per heavy atom. The molecule has 0 aromatic heterocycles. The fourth-order valence-electron chi connectivity index (χ4n) is 3.43. The maximum atomic E-state index is 12.9. The van der Waals surface area contributed by atoms with Crippen LogP contribution in [0.4, 0.5) is 24.5 Å². The van der Waals surface area contributed by atoms with E-state index >= 15 is 0 Å². The fourth-order valence-corrected chi connectivity index (χ4v) is 4.20. The summed E-state index contributed by atoms with van der Waals surface area (Å²) in [5, 5.41) is 14.2. The normalized spacial score (nSPS) is 14.0. The minimum absolute atomic E-state index is 0.104. The highest BCUT2D eigenvalue weighted by Gasteiger charge is 2.34. The van der Waals surface area contributed by atoms with E-state index in [9.17, 15) is 28.1 Å². The molecule has 0 aliphatic carbocycles. The number of nitro benzene ring substituents is 1. The van der Waals surface area contributed by atoms with Crippen molar-refractivity contribution in [2.75, 3.05) is 37.7 Å². The standard InChI is InChI=1S/C21H20BrF3N4O4S/c1-2-33-18-6-3-13(11-15(18)22)19(30)26-20(34)28-9-7-27(8-10-28)16-5-4-14(21(23,24)25)12-17(16)29(31)32/h3-6,11-12H,2,7-10H2,1H3,(H,26,30,34). The predicted octanol–water partition coefficient (Wildman–Crippen LogP) is 4.61. The van der Waals surface area contributed by atoms with Crippen LogP contribution in [0.1, 0.15) is 22.8 Å². The largest absolute Gasteiger partial charge is 0.493 e. The third kappa shape index (κ3) is 5.95. The number of benzene rings is 2. The van der Waals surface area contributed by atoms with E-state index in [1.807, 2.05) is 6.92 Å². The van der Waals surface area contributed by atoms with Gasteiger partial charge in [-0.1, -0.05) is 0 Å². The molecule has 1 N–H and O–H groups in total. The van der Waals surface area contributed by atoms with Gasteiger partial charge in [0.2, 0.25) is 0 Å². The smallest absolute Gasteiger partial charge is 0.416 e. The van der Waals surface area contributed by atoms with Gasteiger partial charge in [-0.2, -0.15) is 13.2 Å². The molecular formula is C21H20BrF3N4O4S. The number of anilines is 1. The Morgan fingerprint density at radius 2 is 1.88 bits per heavy atom. The Bertz CT molecular complexity index is 1110. The quantitative estimate of drug-likeness (QED) is 0.324. The van der Waals surface area contributed by atoms with Crippen LogP contribution in [0.15, 0.2) is 40.9 Å². The monoisotopic (exact) mass is 560 g/mol. The summed E-state index contributed by atoms with van der Waals surface area (Å²) in [7, 11) is 0. The van der Waals surface area contributed by atoms with Crippen molar-refractivity contribution in [3.05, 3.63) is 62.1 Å². The first-order chi connectivity index (χ1) is 16.0. The van der Waals surface area contributed by atoms with Crippen molar-refractivity contribution in [1.29, 1.82) is 0 Å². The number of nitro groups is 1. The zero-order chi connectivity index (χ0) is 25.0. The summed E-state index contributed by atoms with van der Waals surface area (Å²) in [6.07, 6.45) is -4.68. The van der Waals surface area contributed by atoms with Gasteiger partial charge in [-0.3, -0.25) is 20.2 Å². The van der Waals surface area contributed by atoms with Gasteiger partial charge >= 0.3 is 6.18 Å². The van der Waals surface area contributed by atoms with Crippen molar-refractivity contribution in [3.8, 4) is 5.75 Å². The Labute approximate surface area is 206 Å². The molecule has 0 unspecified atom stereocenters. The number of hydrogen-bond acceptors (Lipinski definition) is 6. The number of hydrogen-bond donors (Lipinski definition) is 1. The first kappa shape index (κ1) is 25.7. The molecule has 182 valence electrons. The lowest BCUT2D eigenvalue weighted by Crippen LogP contribution is -2.52. The Kier molecular flexibility index (Phi) is 7.97. The summed E-state index contributed by atoms with van der Waals surface area (Å²) in [5.74, 6) is 0.199. The molecule has 8 nitrogen and oxygen atoms in total. The van der Waals surface area contributed by atoms with E-state index in [2.05, 4.69) is 21.2 Å². The van der Waals surface area contributed by atoms with Crippen LogP contribution in [-0.4, -0.2) is 53.6 Å². The minimum atomic E-state index is -4.68. The van der Waals surface area contributed by atoms with E-state index in [0.29, 0.717) is 41.5 Å². The molecule has 2 aromatic rings. The van der Waals surface area contributed by atoms with Crippen molar-refractivity contribution in [1.82, 2.24) is 10.2 Å². The van der Waals surface area contributed by atoms with Crippen molar-refractivity contribution >= 4 is 50.5 Å². The maximum Gasteiger partial charge on any atom is 0.416 e. The van der Waals surface area contributed by atoms with Crippen LogP contribution >= 0.6 is 28.1 Å². The molecule has 0 spiro atoms. The summed E-state index contributed by atoms with van der Waals surface area (Å²) in [6, 6.07) is 7.37. The highest BCUT2D eigenvalue weighted by atomic mass is 79.9. The molecule has 3 rings (SSSR count). The van der Waals surface area contributed by atoms with Crippen LogP contribution < -0.4 is 15.0 Å². The van der Waals surface area contributed by atoms with Crippen LogP contribution in [0.2, 0.25) is 0 Å². The number of halogens is 4. The maximum absolute atomic E-state index is 12.9. The van der Waals surface area contributed by atoms with E-state index in [1.54, 1.807) is 28.0 Å². The molecule has 0 atom stereocenters. The molecule has 0 radical (unpaired) electrons. The van der Waals surface area contributed by atoms with E-state index < -0.39 is 28.3 Å². The second kappa shape index (κ2) is 10.6. The number of carbonyl (C=O) groups excluding carboxylic acids is 1. The van der Waals surface area contributed by atoms with E-state index in [1.165, 1.54) is 0 Å². The molecule has 13 heteroatoms. The SMILES string of the molecule is CCOc1ccc(C(=O)NC(=S)N2CCN(c3ccc(C(F)(F)F)cc3[N+](=O)[O-])CC2)cc1Br. The van der Waals surface area contributed by atoms with Gasteiger partial charge in [0.15, 0.2) is 5.11 Å². The Morgan fingerprint density at radius 1 is 1.21 bits per heavy atom. The lowest BCUT2D eigenvalue weighted by Gasteiger charge is -2.37. The Balaban J connectivity index is 1.63. The van der Waals surface area contributed by atoms with Gasteiger partial charge in [0, 0.05) is 37.8 Å². The lowest BCUT2D eigenvalue weighted by atomic mass is 10.1. The second-order valence-electron chi connectivity index (χ2n) is 7.27. The van der Waals surface area contributed by atoms with Crippen molar-refractivity contribution in [2.45, 2.75) is 13.1 Å². The van der Waals surface area contributed by atoms with Gasteiger partial charge in [0.25, 0.3) is 11.6 Å². The molecule has 1 heterocycles. The molecule has 1 amide bonds. The van der Waals surface area contributed by atoms with Gasteiger partial charge < -0.3 is 14.5 Å². The number of ether oxygens (including phenoxy) is 1. The van der Waals surface area contributed by atoms with Gasteiger partial charge in [0.1, 0.15) is 11.4 Å². The van der Waals surface area contributed by atoms with E-state index in [4.69, 9.17) is 17.0 Å². The van der Waals surface area contributed by atoms with Crippen LogP contribution in [0, 0.1) is 10.1 Å². The molecular weight excluding hydrogens is 541 g/mol. The number of piperazine rings is 1. The summed E-state index contributed by atoms with van der Waals surface area (Å²) in [5.41, 5.74) is -1.21. The summed E-state index contributed by atoms with van der Waals surface area (Å²) < 4.78 is 44.9. The molecule has 34 heavy (non-hydrogen) atoms. The Hall–Kier alpha value is -2.93. The van der Waals surface area contributed by atoms with E-state index in [-0.39, 0.29) is 23.9 Å². The summed E-state index contributed by atoms with van der Waals surface area (Å²) >= 11 is 8.69. The van der Waals surface area contributed by atoms with Gasteiger partial charge in [-0.25, -0.2) is 0 Å². The van der Waals surface area contributed by atoms with Gasteiger partial charge in [-0.05, 0) is 65.4 Å². The number of amides is 1. The predicted molar refractivity (Wildman–Crippen MR) is 127 cm³/mol. The lowest BCUT2D eigenvalue weighted by molar-refractivity contribution is -0.384. The average Bonchev–Trinajstić information content (AvgIpc) is 2.79. The summed E-state index contributed by atoms with van der Waals surface area (Å²) in [4.78, 5) is 26.5. The molecule has 1 saturated heterocycles. The summed E-state index contributed by atoms with van der Waals surface area (Å²) in [6.45, 7) is 3.53. The van der Waals surface area contributed by atoms with Crippen LogP contribution in [0.25, 0.3) is 0 Å². The molecule has 0 saturated carbocycles. The average molecular weight is 561 g/mol. The van der Waals surface area contributed by atoms with Gasteiger partial charge in [0.05, 0.1) is 21.6 Å². The zero-order valence-corrected chi connectivity index (χ0v) is 20.3. The number of nitrogens with one attached hydrogen (secondary N) is 1. The fraction of sp³-hybridized carbons (Fsp3) is 0.333. The van der Waals surface area contributed by atoms with Crippen molar-refractivity contribution in [2.24, 2.45) is 0 Å². The third-order valence-corrected chi connectivity index (χ3v) is 6.10. The molecule has 0 bridgehead atoms. The first-order valence-corrected chi connectivity index (χ1v) is 11.3. The highest BCUT2D eigenvalue weighted by Crippen LogP contribution is 2.36. The first-order valence-electron chi connectivity index (χ1n) is 10.1. The molecule has 2 aromatic carbocycles. The number of thiocarbonyl (C=S) groups is 1. The number of carbonyl (C=O) groups is 1. The molecule has 1 aliphatic rings. The highest BCUT2D eigenvalue weighted by molar-refractivity contribution is 9.10. The topological polar surface area (TPSA) is 88.0 Å². The van der Waals surface area contributed by atoms with Crippen LogP contribution in [0.5, 0.6) is 5.75 Å². The van der Waals surface area contributed by atoms with Crippen LogP contribution in [-0.2, 0) is 6.18 Å². The minimum Gasteiger partial charge on any atom is -0.493 e. The third-order valence-electron chi connectivity index (χ3n) is 5.12. The number of nitrogens with zero attached hydrogens (tertiary/aromatic N) is 3. The van der Waals surface area contributed by atoms with Crippen molar-refractivity contribution < 1.29 is 27.6 Å². The molecule has 1 fully saturated rings. The molecule has 1 aliphatic heterocycles. The number of rotatable bonds is 5. The number of alkyl halides is 3. The van der Waals surface area contributed by atoms with Crippen LogP contribution in [0.3, 0.4) is 0 Å². The zero-order valence-electron chi connectivity index (χ0n) is 17.9. The van der Waals surface area contributed by atoms with Crippen molar-refractivity contribution in [3.63, 3.8) is 0 Å². The van der Waals surface area contributed by atoms with E-state index in [0.717, 1.165) is 12.1 Å². The van der Waals surface area contributed by atoms with Gasteiger partial charge in [-0.15, -0.1) is 0 Å². The second-order valence-corrected chi connectivity index (χ2v) is 8.51.